The summed E-state index contributed by atoms with van der Waals surface area (Å²) in [6, 6.07) is 18.7. The second kappa shape index (κ2) is 13.7. The van der Waals surface area contributed by atoms with E-state index in [0.717, 1.165) is 27.9 Å². The van der Waals surface area contributed by atoms with Gasteiger partial charge in [-0.05, 0) is 71.7 Å². The third-order valence-corrected chi connectivity index (χ3v) is 8.77. The van der Waals surface area contributed by atoms with E-state index in [4.69, 9.17) is 0 Å². The number of ether oxygens (including phenoxy) is 1. The van der Waals surface area contributed by atoms with E-state index >= 15 is 0 Å². The number of alkyl halides is 3. The predicted octanol–water partition coefficient (Wildman–Crippen LogP) is 7.20. The van der Waals surface area contributed by atoms with Crippen molar-refractivity contribution in [2.45, 2.75) is 58.8 Å². The van der Waals surface area contributed by atoms with E-state index in [1.54, 1.807) is 4.90 Å². The van der Waals surface area contributed by atoms with Crippen molar-refractivity contribution in [1.29, 1.82) is 0 Å². The van der Waals surface area contributed by atoms with Gasteiger partial charge in [0.05, 0.1) is 17.1 Å². The molecule has 5 rings (SSSR count). The van der Waals surface area contributed by atoms with Crippen LogP contribution < -0.4 is 20.3 Å². The highest BCUT2D eigenvalue weighted by molar-refractivity contribution is 8.01. The van der Waals surface area contributed by atoms with Crippen molar-refractivity contribution in [1.82, 2.24) is 25.4 Å². The fraction of sp³-hybridized carbons (Fsp3) is 0.353. The molecular formula is C34H37F3N6O3S. The Morgan fingerprint density at radius 1 is 1.06 bits per heavy atom. The summed E-state index contributed by atoms with van der Waals surface area (Å²) in [4.78, 5) is 31.9. The lowest BCUT2D eigenvalue weighted by Gasteiger charge is -2.30. The van der Waals surface area contributed by atoms with Crippen molar-refractivity contribution < 1.29 is 27.5 Å². The van der Waals surface area contributed by atoms with Crippen molar-refractivity contribution in [2.24, 2.45) is 5.41 Å². The zero-order chi connectivity index (χ0) is 33.9. The molecule has 9 nitrogen and oxygen atoms in total. The van der Waals surface area contributed by atoms with Crippen molar-refractivity contribution >= 4 is 29.4 Å². The van der Waals surface area contributed by atoms with Crippen LogP contribution in [0.4, 0.5) is 23.7 Å². The first kappa shape index (κ1) is 33.8. The van der Waals surface area contributed by atoms with Gasteiger partial charge in [0.1, 0.15) is 12.1 Å². The van der Waals surface area contributed by atoms with Crippen molar-refractivity contribution in [3.8, 4) is 22.8 Å². The zero-order valence-corrected chi connectivity index (χ0v) is 27.6. The monoisotopic (exact) mass is 666 g/mol. The molecule has 0 radical (unpaired) electrons. The number of nitrogens with zero attached hydrogens (tertiary/aromatic N) is 4. The molecule has 2 heterocycles. The molecule has 1 fully saturated rings. The number of urea groups is 1. The van der Waals surface area contributed by atoms with Crippen LogP contribution in [0.5, 0.6) is 5.75 Å². The number of hydrogen-bond acceptors (Lipinski definition) is 6. The average Bonchev–Trinajstić information content (AvgIpc) is 3.63. The Kier molecular flexibility index (Phi) is 9.85. The topological polar surface area (TPSA) is 101 Å². The molecule has 1 unspecified atom stereocenters. The van der Waals surface area contributed by atoms with Crippen molar-refractivity contribution in [3.05, 3.63) is 89.7 Å². The number of halogens is 3. The molecule has 1 saturated heterocycles. The molecule has 0 bridgehead atoms. The molecule has 3 aromatic carbocycles. The predicted molar refractivity (Wildman–Crippen MR) is 176 cm³/mol. The van der Waals surface area contributed by atoms with Crippen LogP contribution in [-0.2, 0) is 11.2 Å². The van der Waals surface area contributed by atoms with Crippen LogP contribution in [0.1, 0.15) is 50.3 Å². The summed E-state index contributed by atoms with van der Waals surface area (Å²) in [5.74, 6) is 0.631. The van der Waals surface area contributed by atoms with Gasteiger partial charge in [0.15, 0.2) is 11.3 Å². The second-order valence-electron chi connectivity index (χ2n) is 12.5. The van der Waals surface area contributed by atoms with Crippen molar-refractivity contribution in [2.75, 3.05) is 17.2 Å². The first-order chi connectivity index (χ1) is 22.2. The Balaban J connectivity index is 1.16. The first-order valence-corrected chi connectivity index (χ1v) is 16.2. The van der Waals surface area contributed by atoms with Crippen LogP contribution in [0.3, 0.4) is 0 Å². The number of nitrogens with one attached hydrogen (secondary N) is 2. The largest absolute Gasteiger partial charge is 0.573 e. The van der Waals surface area contributed by atoms with Crippen LogP contribution in [0, 0.1) is 12.3 Å². The summed E-state index contributed by atoms with van der Waals surface area (Å²) in [6.45, 7) is 10.8. The Morgan fingerprint density at radius 3 is 2.43 bits per heavy atom. The smallest absolute Gasteiger partial charge is 0.406 e. The molecule has 1 aliphatic rings. The van der Waals surface area contributed by atoms with Gasteiger partial charge in [-0.1, -0.05) is 64.1 Å². The minimum atomic E-state index is -4.76. The van der Waals surface area contributed by atoms with Crippen LogP contribution in [0.25, 0.3) is 17.1 Å². The van der Waals surface area contributed by atoms with E-state index in [1.807, 2.05) is 49.4 Å². The molecular weight excluding hydrogens is 629 g/mol. The Labute approximate surface area is 275 Å². The summed E-state index contributed by atoms with van der Waals surface area (Å²) >= 11 is 1.40. The number of rotatable bonds is 10. The number of carbonyl (C=O) groups is 2. The van der Waals surface area contributed by atoms with E-state index < -0.39 is 11.9 Å². The fourth-order valence-electron chi connectivity index (χ4n) is 5.61. The number of thioether (sulfide) groups is 1. The van der Waals surface area contributed by atoms with E-state index in [0.29, 0.717) is 30.2 Å². The maximum absolute atomic E-state index is 13.0. The third-order valence-electron chi connectivity index (χ3n) is 7.71. The molecule has 47 heavy (non-hydrogen) atoms. The normalized spacial score (nSPS) is 15.3. The van der Waals surface area contributed by atoms with E-state index in [-0.39, 0.29) is 29.0 Å². The molecule has 4 aromatic rings. The van der Waals surface area contributed by atoms with Crippen molar-refractivity contribution in [3.63, 3.8) is 0 Å². The Bertz CT molecular complexity index is 1720. The van der Waals surface area contributed by atoms with Gasteiger partial charge in [-0.15, -0.1) is 30.0 Å². The highest BCUT2D eigenvalue weighted by Gasteiger charge is 2.36. The molecule has 1 aromatic heterocycles. The number of aryl methyl sites for hydroxylation is 1. The van der Waals surface area contributed by atoms with Gasteiger partial charge in [0.25, 0.3) is 0 Å². The Morgan fingerprint density at radius 2 is 1.77 bits per heavy atom. The number of anilines is 1. The highest BCUT2D eigenvalue weighted by atomic mass is 32.2. The minimum Gasteiger partial charge on any atom is -0.406 e. The lowest BCUT2D eigenvalue weighted by atomic mass is 9.85. The molecule has 0 saturated carbocycles. The summed E-state index contributed by atoms with van der Waals surface area (Å²) in [6.07, 6.45) is -2.58. The highest BCUT2D eigenvalue weighted by Crippen LogP contribution is 2.36. The number of aromatic nitrogens is 3. The van der Waals surface area contributed by atoms with Crippen LogP contribution >= 0.6 is 11.8 Å². The third kappa shape index (κ3) is 8.45. The fourth-order valence-corrected chi connectivity index (χ4v) is 6.62. The summed E-state index contributed by atoms with van der Waals surface area (Å²) in [5, 5.41) is 10.4. The lowest BCUT2D eigenvalue weighted by Crippen LogP contribution is -2.50. The molecule has 248 valence electrons. The quantitative estimate of drug-likeness (QED) is 0.186. The summed E-state index contributed by atoms with van der Waals surface area (Å²) < 4.78 is 42.7. The zero-order valence-electron chi connectivity index (χ0n) is 26.8. The molecule has 0 aliphatic carbocycles. The SMILES string of the molecule is Cc1cccc(N2C(=O)CSC2NC(=O)NCC(C)(C)Cc2ccc(-c3ncn(-c4ccc(OC(F)(F)F)cc4)n3)cc2)c1C(C)C. The lowest BCUT2D eigenvalue weighted by molar-refractivity contribution is -0.274. The number of carbonyl (C=O) groups excluding carboxylic acids is 2. The maximum atomic E-state index is 13.0. The summed E-state index contributed by atoms with van der Waals surface area (Å²) in [7, 11) is 0. The minimum absolute atomic E-state index is 0.0350. The van der Waals surface area contributed by atoms with Gasteiger partial charge >= 0.3 is 12.4 Å². The van der Waals surface area contributed by atoms with Gasteiger partial charge in [0, 0.05) is 12.1 Å². The molecule has 1 aliphatic heterocycles. The second-order valence-corrected chi connectivity index (χ2v) is 13.6. The van der Waals surface area contributed by atoms with E-state index in [9.17, 15) is 22.8 Å². The van der Waals surface area contributed by atoms with Gasteiger partial charge in [-0.25, -0.2) is 14.5 Å². The molecule has 1 atom stereocenters. The molecule has 3 amide bonds. The molecule has 0 spiro atoms. The van der Waals surface area contributed by atoms with Gasteiger partial charge in [0.2, 0.25) is 5.91 Å². The number of amides is 3. The van der Waals surface area contributed by atoms with Gasteiger partial charge in [-0.2, -0.15) is 0 Å². The van der Waals surface area contributed by atoms with Crippen LogP contribution in [-0.4, -0.2) is 50.9 Å². The van der Waals surface area contributed by atoms with Gasteiger partial charge < -0.3 is 15.4 Å². The summed E-state index contributed by atoms with van der Waals surface area (Å²) in [5.41, 5.74) is 4.64. The standard InChI is InChI=1S/C34H37F3N6O3S/c1-21(2)29-22(3)7-6-8-27(29)43-28(44)18-47-32(43)40-31(45)38-19-33(4,5)17-23-9-11-24(12-10-23)30-39-20-42(41-30)25-13-15-26(16-14-25)46-34(35,36)37/h6-16,20-21,32H,17-19H2,1-5H3,(H2,38,40,45). The molecule has 13 heteroatoms. The van der Waals surface area contributed by atoms with E-state index in [1.165, 1.54) is 47.0 Å². The number of hydrogen-bond donors (Lipinski definition) is 2. The van der Waals surface area contributed by atoms with E-state index in [2.05, 4.69) is 53.1 Å². The first-order valence-electron chi connectivity index (χ1n) is 15.1. The maximum Gasteiger partial charge on any atom is 0.573 e. The van der Waals surface area contributed by atoms with Crippen LogP contribution in [0.2, 0.25) is 0 Å². The molecule has 2 N–H and O–H groups in total. The number of benzene rings is 3. The van der Waals surface area contributed by atoms with Gasteiger partial charge in [-0.3, -0.25) is 9.69 Å². The van der Waals surface area contributed by atoms with Crippen LogP contribution in [0.15, 0.2) is 73.1 Å². The Hall–Kier alpha value is -4.52. The average molecular weight is 667 g/mol.